The largest absolute Gasteiger partial charge is 0.354 e. The van der Waals surface area contributed by atoms with Gasteiger partial charge in [0.05, 0.1) is 6.04 Å². The summed E-state index contributed by atoms with van der Waals surface area (Å²) < 4.78 is 0. The van der Waals surface area contributed by atoms with Crippen LogP contribution in [0.1, 0.15) is 51.6 Å². The van der Waals surface area contributed by atoms with E-state index in [-0.39, 0.29) is 49.1 Å². The molecule has 0 bridgehead atoms. The first-order chi connectivity index (χ1) is 16.3. The van der Waals surface area contributed by atoms with Crippen molar-refractivity contribution >= 4 is 35.2 Å². The fraction of sp³-hybridized carbons (Fsp3) is 0.320. The molecule has 1 saturated heterocycles. The first-order valence-electron chi connectivity index (χ1n) is 11.3. The molecule has 3 heterocycles. The van der Waals surface area contributed by atoms with Crippen LogP contribution >= 0.6 is 0 Å². The molecule has 2 atom stereocenters. The van der Waals surface area contributed by atoms with Gasteiger partial charge in [-0.3, -0.25) is 29.3 Å². The summed E-state index contributed by atoms with van der Waals surface area (Å²) in [5.74, 6) is -1.46. The Morgan fingerprint density at radius 2 is 1.88 bits per heavy atom. The van der Waals surface area contributed by atoms with Crippen LogP contribution in [0.25, 0.3) is 0 Å². The summed E-state index contributed by atoms with van der Waals surface area (Å²) in [6.45, 7) is 1.98. The number of nitrogens with zero attached hydrogens (tertiary/aromatic N) is 2. The molecule has 174 valence electrons. The summed E-state index contributed by atoms with van der Waals surface area (Å²) in [7, 11) is 0. The van der Waals surface area contributed by atoms with Gasteiger partial charge in [-0.1, -0.05) is 18.2 Å². The molecule has 1 unspecified atom stereocenters. The van der Waals surface area contributed by atoms with Gasteiger partial charge in [0.25, 0.3) is 11.8 Å². The number of benzene rings is 2. The topological polar surface area (TPSA) is 116 Å². The lowest BCUT2D eigenvalue weighted by molar-refractivity contribution is -0.137. The number of hydrogen-bond donors (Lipinski definition) is 2. The Balaban J connectivity index is 1.41. The van der Waals surface area contributed by atoms with Crippen LogP contribution in [0.5, 0.6) is 0 Å². The van der Waals surface area contributed by atoms with Crippen LogP contribution in [0, 0.1) is 0 Å². The standard InChI is InChI=1S/C25H24N4O5/c1-14(30)26-12-18-11-15-4-2-3-5-20(15)29(18)24(33)16-6-7-19-17(10-16)13-28(25(19)34)21-8-9-22(31)27-23(21)32/h2-7,10,18,21H,8-9,11-13H2,1H3,(H,26,30)(H,27,31,32)/t18-,21?/m1/s1. The summed E-state index contributed by atoms with van der Waals surface area (Å²) in [5.41, 5.74) is 3.40. The molecule has 9 nitrogen and oxygen atoms in total. The van der Waals surface area contributed by atoms with Gasteiger partial charge in [-0.15, -0.1) is 0 Å². The van der Waals surface area contributed by atoms with Gasteiger partial charge in [-0.25, -0.2) is 0 Å². The van der Waals surface area contributed by atoms with Gasteiger partial charge in [-0.2, -0.15) is 0 Å². The van der Waals surface area contributed by atoms with Crippen molar-refractivity contribution in [2.45, 2.75) is 44.8 Å². The van der Waals surface area contributed by atoms with Crippen LogP contribution in [0.15, 0.2) is 42.5 Å². The number of amides is 5. The van der Waals surface area contributed by atoms with Crippen LogP contribution < -0.4 is 15.5 Å². The lowest BCUT2D eigenvalue weighted by Crippen LogP contribution is -2.52. The van der Waals surface area contributed by atoms with E-state index in [0.29, 0.717) is 29.7 Å². The number of rotatable bonds is 4. The van der Waals surface area contributed by atoms with E-state index in [1.165, 1.54) is 11.8 Å². The van der Waals surface area contributed by atoms with E-state index >= 15 is 0 Å². The third kappa shape index (κ3) is 3.72. The average Bonchev–Trinajstić information content (AvgIpc) is 3.34. The van der Waals surface area contributed by atoms with Gasteiger partial charge in [0.15, 0.2) is 0 Å². The zero-order valence-electron chi connectivity index (χ0n) is 18.7. The van der Waals surface area contributed by atoms with E-state index in [1.54, 1.807) is 23.1 Å². The molecular weight excluding hydrogens is 436 g/mol. The predicted molar refractivity (Wildman–Crippen MR) is 122 cm³/mol. The van der Waals surface area contributed by atoms with Crippen LogP contribution in [-0.4, -0.2) is 53.1 Å². The quantitative estimate of drug-likeness (QED) is 0.665. The number of carbonyl (C=O) groups is 5. The second kappa shape index (κ2) is 8.40. The number of fused-ring (bicyclic) bond motifs is 2. The molecule has 0 saturated carbocycles. The third-order valence-electron chi connectivity index (χ3n) is 6.65. The molecule has 34 heavy (non-hydrogen) atoms. The minimum atomic E-state index is -0.704. The molecule has 2 aromatic rings. The molecule has 5 amide bonds. The smallest absolute Gasteiger partial charge is 0.258 e. The SMILES string of the molecule is CC(=O)NC[C@H]1Cc2ccccc2N1C(=O)c1ccc2c(c1)CN(C1CCC(=O)NC1=O)C2=O. The van der Waals surface area contributed by atoms with Crippen molar-refractivity contribution in [1.82, 2.24) is 15.5 Å². The van der Waals surface area contributed by atoms with Crippen molar-refractivity contribution in [3.8, 4) is 0 Å². The monoisotopic (exact) mass is 460 g/mol. The maximum absolute atomic E-state index is 13.6. The van der Waals surface area contributed by atoms with Gasteiger partial charge in [0.1, 0.15) is 6.04 Å². The number of imide groups is 1. The highest BCUT2D eigenvalue weighted by molar-refractivity contribution is 6.10. The van der Waals surface area contributed by atoms with Crippen molar-refractivity contribution in [3.63, 3.8) is 0 Å². The summed E-state index contributed by atoms with van der Waals surface area (Å²) in [6.07, 6.45) is 1.10. The van der Waals surface area contributed by atoms with E-state index in [4.69, 9.17) is 0 Å². The number of piperidine rings is 1. The highest BCUT2D eigenvalue weighted by atomic mass is 16.2. The normalized spacial score (nSPS) is 21.3. The van der Waals surface area contributed by atoms with E-state index in [2.05, 4.69) is 10.6 Å². The van der Waals surface area contributed by atoms with Crippen molar-refractivity contribution in [1.29, 1.82) is 0 Å². The lowest BCUT2D eigenvalue weighted by Gasteiger charge is -2.29. The van der Waals surface area contributed by atoms with E-state index in [1.807, 2.05) is 24.3 Å². The summed E-state index contributed by atoms with van der Waals surface area (Å²) in [6, 6.07) is 11.7. The Bertz CT molecular complexity index is 1240. The van der Waals surface area contributed by atoms with Crippen molar-refractivity contribution in [2.75, 3.05) is 11.4 Å². The second-order valence-corrected chi connectivity index (χ2v) is 8.87. The maximum Gasteiger partial charge on any atom is 0.258 e. The third-order valence-corrected chi connectivity index (χ3v) is 6.65. The van der Waals surface area contributed by atoms with Gasteiger partial charge in [-0.05, 0) is 48.2 Å². The molecule has 2 aromatic carbocycles. The molecule has 1 fully saturated rings. The molecule has 0 aliphatic carbocycles. The van der Waals surface area contributed by atoms with Gasteiger partial charge in [0.2, 0.25) is 17.7 Å². The first-order valence-corrected chi connectivity index (χ1v) is 11.3. The maximum atomic E-state index is 13.6. The summed E-state index contributed by atoms with van der Waals surface area (Å²) in [5, 5.41) is 5.10. The number of para-hydroxylation sites is 1. The fourth-order valence-corrected chi connectivity index (χ4v) is 5.01. The fourth-order valence-electron chi connectivity index (χ4n) is 5.01. The number of anilines is 1. The predicted octanol–water partition coefficient (Wildman–Crippen LogP) is 1.16. The van der Waals surface area contributed by atoms with Gasteiger partial charge < -0.3 is 15.1 Å². The first kappa shape index (κ1) is 21.8. The molecule has 5 rings (SSSR count). The van der Waals surface area contributed by atoms with E-state index in [9.17, 15) is 24.0 Å². The number of nitrogens with one attached hydrogen (secondary N) is 2. The molecule has 0 aromatic heterocycles. The second-order valence-electron chi connectivity index (χ2n) is 8.87. The summed E-state index contributed by atoms with van der Waals surface area (Å²) >= 11 is 0. The Morgan fingerprint density at radius 1 is 1.09 bits per heavy atom. The lowest BCUT2D eigenvalue weighted by atomic mass is 10.0. The van der Waals surface area contributed by atoms with Crippen LogP contribution in [0.4, 0.5) is 5.69 Å². The molecule has 0 spiro atoms. The number of carbonyl (C=O) groups excluding carboxylic acids is 5. The molecule has 3 aliphatic rings. The Labute approximate surface area is 196 Å². The Kier molecular flexibility index (Phi) is 5.39. The minimum absolute atomic E-state index is 0.159. The molecule has 9 heteroatoms. The highest BCUT2D eigenvalue weighted by Gasteiger charge is 2.40. The summed E-state index contributed by atoms with van der Waals surface area (Å²) in [4.78, 5) is 65.0. The van der Waals surface area contributed by atoms with Gasteiger partial charge >= 0.3 is 0 Å². The molecule has 2 N–H and O–H groups in total. The average molecular weight is 460 g/mol. The molecule has 3 aliphatic heterocycles. The Morgan fingerprint density at radius 3 is 2.65 bits per heavy atom. The van der Waals surface area contributed by atoms with Crippen molar-refractivity contribution in [2.24, 2.45) is 0 Å². The highest BCUT2D eigenvalue weighted by Crippen LogP contribution is 2.34. The van der Waals surface area contributed by atoms with E-state index in [0.717, 1.165) is 11.3 Å². The van der Waals surface area contributed by atoms with Crippen LogP contribution in [0.2, 0.25) is 0 Å². The Hall–Kier alpha value is -4.01. The zero-order chi connectivity index (χ0) is 24.0. The van der Waals surface area contributed by atoms with Gasteiger partial charge in [0, 0.05) is 43.2 Å². The van der Waals surface area contributed by atoms with Crippen molar-refractivity contribution in [3.05, 3.63) is 64.7 Å². The van der Waals surface area contributed by atoms with Crippen LogP contribution in [-0.2, 0) is 27.3 Å². The molecule has 0 radical (unpaired) electrons. The minimum Gasteiger partial charge on any atom is -0.354 e. The number of hydrogen-bond acceptors (Lipinski definition) is 5. The molecular formula is C25H24N4O5. The van der Waals surface area contributed by atoms with E-state index < -0.39 is 11.9 Å². The van der Waals surface area contributed by atoms with Crippen LogP contribution in [0.3, 0.4) is 0 Å². The zero-order valence-corrected chi connectivity index (χ0v) is 18.7. The van der Waals surface area contributed by atoms with Crippen molar-refractivity contribution < 1.29 is 24.0 Å².